The van der Waals surface area contributed by atoms with Crippen molar-refractivity contribution in [2.45, 2.75) is 19.4 Å². The zero-order chi connectivity index (χ0) is 24.8. The summed E-state index contributed by atoms with van der Waals surface area (Å²) in [5.74, 6) is -7.08. The summed E-state index contributed by atoms with van der Waals surface area (Å²) in [5.41, 5.74) is -3.23. The fourth-order valence-electron chi connectivity index (χ4n) is 4.90. The van der Waals surface area contributed by atoms with Crippen molar-refractivity contribution < 1.29 is 50.1 Å². The van der Waals surface area contributed by atoms with Gasteiger partial charge < -0.3 is 35.7 Å². The number of carbonyl (C=O) groups excluding carboxylic acids is 2. The van der Waals surface area contributed by atoms with Gasteiger partial charge in [-0.05, 0) is 24.1 Å². The number of benzene rings is 3. The standard InChI is InChI=1S/C24H16O10/c1-6-2-8-11(26)5-10-16(15(8)21(30)13(6)24(33)34)23(32)18-17(20(10)29)22(31)14-9(19(18)28)3-7(25)4-12(14)27/h2-4,11,25-27,29-30,32H,5H2,1H3,(H,33,34)/t11-/m1/s1. The Morgan fingerprint density at radius 2 is 1.47 bits per heavy atom. The van der Waals surface area contributed by atoms with Gasteiger partial charge in [-0.2, -0.15) is 0 Å². The van der Waals surface area contributed by atoms with Crippen LogP contribution in [-0.2, 0) is 6.42 Å². The molecule has 3 aromatic rings. The van der Waals surface area contributed by atoms with Crippen molar-refractivity contribution in [2.24, 2.45) is 0 Å². The number of carboxylic acid groups (broad SMARTS) is 1. The molecule has 7 N–H and O–H groups in total. The number of aryl methyl sites for hydroxylation is 1. The van der Waals surface area contributed by atoms with Gasteiger partial charge in [-0.1, -0.05) is 6.07 Å². The quantitative estimate of drug-likeness (QED) is 0.205. The Morgan fingerprint density at radius 1 is 0.824 bits per heavy atom. The Hall–Kier alpha value is -4.57. The van der Waals surface area contributed by atoms with Crippen molar-refractivity contribution >= 4 is 17.5 Å². The van der Waals surface area contributed by atoms with Crippen LogP contribution in [0, 0.1) is 6.92 Å². The second kappa shape index (κ2) is 6.72. The molecule has 34 heavy (non-hydrogen) atoms. The van der Waals surface area contributed by atoms with E-state index >= 15 is 0 Å². The SMILES string of the molecule is Cc1cc2c(c(O)c1C(=O)O)-c1c(O)c3c(c(O)c1C[C@H]2O)C(=O)c1c(O)cc(O)cc1C3=O. The van der Waals surface area contributed by atoms with Crippen LogP contribution in [0.5, 0.6) is 28.7 Å². The number of aliphatic hydroxyl groups is 1. The molecule has 2 aliphatic carbocycles. The number of phenolic OH excluding ortho intramolecular Hbond substituents is 4. The Kier molecular flexibility index (Phi) is 4.21. The van der Waals surface area contributed by atoms with Crippen LogP contribution in [-0.4, -0.2) is 53.3 Å². The average Bonchev–Trinajstić information content (AvgIpc) is 2.74. The van der Waals surface area contributed by atoms with Crippen LogP contribution in [0.2, 0.25) is 0 Å². The van der Waals surface area contributed by atoms with Gasteiger partial charge in [-0.15, -0.1) is 0 Å². The van der Waals surface area contributed by atoms with Crippen LogP contribution in [0.4, 0.5) is 0 Å². The third kappa shape index (κ3) is 2.51. The van der Waals surface area contributed by atoms with Gasteiger partial charge >= 0.3 is 5.97 Å². The first kappa shape index (κ1) is 21.3. The van der Waals surface area contributed by atoms with Gasteiger partial charge in [-0.3, -0.25) is 9.59 Å². The zero-order valence-corrected chi connectivity index (χ0v) is 17.4. The lowest BCUT2D eigenvalue weighted by atomic mass is 9.74. The second-order valence-corrected chi connectivity index (χ2v) is 8.25. The molecule has 3 aromatic carbocycles. The molecule has 0 fully saturated rings. The number of hydrogen-bond acceptors (Lipinski definition) is 9. The zero-order valence-electron chi connectivity index (χ0n) is 17.4. The van der Waals surface area contributed by atoms with Gasteiger partial charge in [-0.25, -0.2) is 4.79 Å². The third-order valence-electron chi connectivity index (χ3n) is 6.33. The summed E-state index contributed by atoms with van der Waals surface area (Å²) in [6, 6.07) is 3.09. The second-order valence-electron chi connectivity index (χ2n) is 8.25. The summed E-state index contributed by atoms with van der Waals surface area (Å²) in [4.78, 5) is 38.1. The number of phenols is 5. The van der Waals surface area contributed by atoms with Crippen LogP contribution in [0.25, 0.3) is 11.1 Å². The average molecular weight is 464 g/mol. The van der Waals surface area contributed by atoms with E-state index in [1.165, 1.54) is 13.0 Å². The van der Waals surface area contributed by atoms with Crippen molar-refractivity contribution in [2.75, 3.05) is 0 Å². The Labute approximate surface area is 190 Å². The molecule has 10 nitrogen and oxygen atoms in total. The fourth-order valence-corrected chi connectivity index (χ4v) is 4.90. The molecular formula is C24H16O10. The van der Waals surface area contributed by atoms with Crippen molar-refractivity contribution in [3.05, 3.63) is 62.7 Å². The van der Waals surface area contributed by atoms with Crippen molar-refractivity contribution in [3.8, 4) is 39.9 Å². The number of hydrogen-bond donors (Lipinski definition) is 7. The molecule has 0 aliphatic heterocycles. The van der Waals surface area contributed by atoms with Gasteiger partial charge in [0.25, 0.3) is 0 Å². The number of carbonyl (C=O) groups is 3. The number of rotatable bonds is 1. The summed E-state index contributed by atoms with van der Waals surface area (Å²) < 4.78 is 0. The van der Waals surface area contributed by atoms with E-state index in [4.69, 9.17) is 0 Å². The van der Waals surface area contributed by atoms with Crippen molar-refractivity contribution in [1.29, 1.82) is 0 Å². The van der Waals surface area contributed by atoms with Gasteiger partial charge in [0.15, 0.2) is 5.78 Å². The molecule has 1 atom stereocenters. The first-order valence-electron chi connectivity index (χ1n) is 9.99. The van der Waals surface area contributed by atoms with Crippen LogP contribution in [0.15, 0.2) is 18.2 Å². The maximum Gasteiger partial charge on any atom is 0.339 e. The normalized spacial score (nSPS) is 15.9. The van der Waals surface area contributed by atoms with Crippen molar-refractivity contribution in [3.63, 3.8) is 0 Å². The molecule has 0 bridgehead atoms. The van der Waals surface area contributed by atoms with E-state index in [0.717, 1.165) is 12.1 Å². The summed E-state index contributed by atoms with van der Waals surface area (Å²) in [5, 5.41) is 73.2. The third-order valence-corrected chi connectivity index (χ3v) is 6.33. The molecule has 10 heteroatoms. The summed E-state index contributed by atoms with van der Waals surface area (Å²) in [7, 11) is 0. The minimum Gasteiger partial charge on any atom is -0.508 e. The summed E-state index contributed by atoms with van der Waals surface area (Å²) in [6.07, 6.45) is -1.67. The minimum absolute atomic E-state index is 0.0624. The van der Waals surface area contributed by atoms with Gasteiger partial charge in [0.05, 0.1) is 22.8 Å². The Balaban J connectivity index is 1.92. The first-order chi connectivity index (χ1) is 16.0. The number of aliphatic hydroxyl groups excluding tert-OH is 1. The molecule has 5 rings (SSSR count). The van der Waals surface area contributed by atoms with Crippen LogP contribution < -0.4 is 0 Å². The highest BCUT2D eigenvalue weighted by atomic mass is 16.4. The predicted octanol–water partition coefficient (Wildman–Crippen LogP) is 2.25. The molecule has 0 unspecified atom stereocenters. The van der Waals surface area contributed by atoms with Crippen molar-refractivity contribution in [1.82, 2.24) is 0 Å². The van der Waals surface area contributed by atoms with E-state index in [2.05, 4.69) is 0 Å². The Bertz CT molecular complexity index is 1520. The molecule has 0 radical (unpaired) electrons. The van der Waals surface area contributed by atoms with E-state index in [0.29, 0.717) is 0 Å². The predicted molar refractivity (Wildman–Crippen MR) is 114 cm³/mol. The highest BCUT2D eigenvalue weighted by Gasteiger charge is 2.42. The van der Waals surface area contributed by atoms with Crippen LogP contribution in [0.1, 0.15) is 65.0 Å². The summed E-state index contributed by atoms with van der Waals surface area (Å²) in [6.45, 7) is 1.41. The van der Waals surface area contributed by atoms with Gasteiger partial charge in [0, 0.05) is 34.7 Å². The van der Waals surface area contributed by atoms with Gasteiger partial charge in [0.2, 0.25) is 5.78 Å². The molecular weight excluding hydrogens is 448 g/mol. The topological polar surface area (TPSA) is 193 Å². The number of fused-ring (bicyclic) bond motifs is 5. The minimum atomic E-state index is -1.48. The maximum atomic E-state index is 13.3. The lowest BCUT2D eigenvalue weighted by molar-refractivity contribution is 0.0692. The molecule has 0 saturated heterocycles. The summed E-state index contributed by atoms with van der Waals surface area (Å²) >= 11 is 0. The maximum absolute atomic E-state index is 13.3. The molecule has 172 valence electrons. The highest BCUT2D eigenvalue weighted by Crippen LogP contribution is 2.55. The number of ketones is 2. The molecule has 0 spiro atoms. The first-order valence-corrected chi connectivity index (χ1v) is 9.99. The van der Waals surface area contributed by atoms with Gasteiger partial charge in [0.1, 0.15) is 34.3 Å². The van der Waals surface area contributed by atoms with E-state index in [-0.39, 0.29) is 34.2 Å². The van der Waals surface area contributed by atoms with E-state index < -0.39 is 80.2 Å². The molecule has 0 aromatic heterocycles. The molecule has 0 heterocycles. The number of aromatic hydroxyl groups is 5. The van der Waals surface area contributed by atoms with Crippen LogP contribution >= 0.6 is 0 Å². The molecule has 0 amide bonds. The monoisotopic (exact) mass is 464 g/mol. The smallest absolute Gasteiger partial charge is 0.339 e. The number of carboxylic acids is 1. The van der Waals surface area contributed by atoms with E-state index in [1.807, 2.05) is 0 Å². The lowest BCUT2D eigenvalue weighted by Gasteiger charge is -2.31. The fraction of sp³-hybridized carbons (Fsp3) is 0.125. The van der Waals surface area contributed by atoms with E-state index in [1.54, 1.807) is 0 Å². The largest absolute Gasteiger partial charge is 0.508 e. The van der Waals surface area contributed by atoms with Crippen LogP contribution in [0.3, 0.4) is 0 Å². The molecule has 2 aliphatic rings. The molecule has 0 saturated carbocycles. The lowest BCUT2D eigenvalue weighted by Crippen LogP contribution is -2.24. The van der Waals surface area contributed by atoms with E-state index in [9.17, 15) is 50.1 Å². The number of aromatic carboxylic acids is 1. The Morgan fingerprint density at radius 3 is 2.12 bits per heavy atom. The highest BCUT2D eigenvalue weighted by molar-refractivity contribution is 6.32.